The summed E-state index contributed by atoms with van der Waals surface area (Å²) in [6, 6.07) is 4.01. The maximum atomic E-state index is 13.5. The van der Waals surface area contributed by atoms with Gasteiger partial charge in [0.05, 0.1) is 24.6 Å². The molecule has 2 atom stereocenters. The minimum atomic E-state index is -3.77. The highest BCUT2D eigenvalue weighted by atomic mass is 35.5. The van der Waals surface area contributed by atoms with Gasteiger partial charge in [0, 0.05) is 44.0 Å². The molecule has 1 aromatic carbocycles. The van der Waals surface area contributed by atoms with Crippen molar-refractivity contribution in [2.75, 3.05) is 31.6 Å². The predicted molar refractivity (Wildman–Crippen MR) is 105 cm³/mol. The van der Waals surface area contributed by atoms with Crippen LogP contribution in [0.3, 0.4) is 0 Å². The van der Waals surface area contributed by atoms with Gasteiger partial charge in [-0.25, -0.2) is 17.8 Å². The van der Waals surface area contributed by atoms with Gasteiger partial charge in [-0.05, 0) is 24.6 Å². The van der Waals surface area contributed by atoms with Gasteiger partial charge in [-0.1, -0.05) is 11.6 Å². The zero-order valence-electron chi connectivity index (χ0n) is 15.8. The lowest BCUT2D eigenvalue weighted by Gasteiger charge is -2.31. The van der Waals surface area contributed by atoms with E-state index in [9.17, 15) is 12.8 Å². The van der Waals surface area contributed by atoms with Crippen molar-refractivity contribution in [1.29, 1.82) is 0 Å². The van der Waals surface area contributed by atoms with Crippen molar-refractivity contribution in [1.82, 2.24) is 13.9 Å². The molecule has 2 unspecified atom stereocenters. The number of hydrogen-bond donors (Lipinski definition) is 1. The summed E-state index contributed by atoms with van der Waals surface area (Å²) in [4.78, 5) is 3.99. The third-order valence-corrected chi connectivity index (χ3v) is 7.10. The second-order valence-corrected chi connectivity index (χ2v) is 9.50. The Kier molecular flexibility index (Phi) is 5.80. The molecule has 0 aliphatic carbocycles. The first-order valence-corrected chi connectivity index (χ1v) is 11.1. The lowest BCUT2D eigenvalue weighted by atomic mass is 10.0. The Morgan fingerprint density at radius 3 is 2.69 bits per heavy atom. The summed E-state index contributed by atoms with van der Waals surface area (Å²) < 4.78 is 54.1. The van der Waals surface area contributed by atoms with Gasteiger partial charge in [0.2, 0.25) is 0 Å². The molecule has 2 aromatic rings. The van der Waals surface area contributed by atoms with Gasteiger partial charge in [0.15, 0.2) is 11.3 Å². The van der Waals surface area contributed by atoms with Crippen molar-refractivity contribution in [3.8, 4) is 0 Å². The Bertz CT molecular complexity index is 980. The Morgan fingerprint density at radius 1 is 1.28 bits per heavy atom. The summed E-state index contributed by atoms with van der Waals surface area (Å²) in [7, 11) is -2.05. The number of rotatable bonds is 5. The Morgan fingerprint density at radius 2 is 2.03 bits per heavy atom. The third kappa shape index (κ3) is 4.26. The van der Waals surface area contributed by atoms with Crippen LogP contribution in [0, 0.1) is 11.7 Å². The van der Waals surface area contributed by atoms with E-state index in [1.165, 1.54) is 29.0 Å². The van der Waals surface area contributed by atoms with Crippen LogP contribution in [0.4, 0.5) is 10.1 Å². The molecule has 0 bridgehead atoms. The highest BCUT2D eigenvalue weighted by molar-refractivity contribution is 7.89. The van der Waals surface area contributed by atoms with Gasteiger partial charge in [-0.15, -0.1) is 0 Å². The molecule has 0 saturated carbocycles. The number of imidazole rings is 1. The van der Waals surface area contributed by atoms with Gasteiger partial charge in [-0.3, -0.25) is 0 Å². The van der Waals surface area contributed by atoms with Crippen molar-refractivity contribution in [2.24, 2.45) is 13.0 Å². The highest BCUT2D eigenvalue weighted by Crippen LogP contribution is 2.32. The standard InChI is InChI=1S/C18H22ClFN4O4S/c1-23-10-17(21-11-23)29(25,26)24-8-13(18-27-5-2-6-28-18)16(9-24)22-12-3-4-15(20)14(19)7-12/h3-4,7,10-11,13,16,18,22H,2,5-6,8-9H2,1H3. The topological polar surface area (TPSA) is 85.7 Å². The SMILES string of the molecule is Cn1cnc(S(=O)(=O)N2CC(Nc3ccc(F)c(Cl)c3)C(C3OCCCO3)C2)c1. The molecule has 2 aliphatic heterocycles. The number of ether oxygens (including phenoxy) is 2. The maximum Gasteiger partial charge on any atom is 0.262 e. The molecule has 11 heteroatoms. The number of anilines is 1. The molecule has 29 heavy (non-hydrogen) atoms. The van der Waals surface area contributed by atoms with Crippen LogP contribution in [0.15, 0.2) is 35.7 Å². The Balaban J connectivity index is 1.59. The number of halogens is 2. The van der Waals surface area contributed by atoms with Crippen molar-refractivity contribution >= 4 is 27.3 Å². The molecule has 2 aliphatic rings. The van der Waals surface area contributed by atoms with E-state index in [2.05, 4.69) is 10.3 Å². The summed E-state index contributed by atoms with van der Waals surface area (Å²) >= 11 is 5.89. The maximum absolute atomic E-state index is 13.5. The summed E-state index contributed by atoms with van der Waals surface area (Å²) in [5.41, 5.74) is 0.597. The largest absolute Gasteiger partial charge is 0.380 e. The minimum Gasteiger partial charge on any atom is -0.380 e. The van der Waals surface area contributed by atoms with Crippen LogP contribution < -0.4 is 5.32 Å². The number of hydrogen-bond acceptors (Lipinski definition) is 6. The van der Waals surface area contributed by atoms with E-state index in [4.69, 9.17) is 21.1 Å². The van der Waals surface area contributed by atoms with E-state index >= 15 is 0 Å². The van der Waals surface area contributed by atoms with Crippen LogP contribution in [-0.2, 0) is 26.5 Å². The van der Waals surface area contributed by atoms with Crippen LogP contribution in [0.2, 0.25) is 5.02 Å². The third-order valence-electron chi connectivity index (χ3n) is 5.09. The summed E-state index contributed by atoms with van der Waals surface area (Å²) in [5, 5.41) is 3.26. The lowest BCUT2D eigenvalue weighted by molar-refractivity contribution is -0.203. The zero-order chi connectivity index (χ0) is 20.6. The number of aryl methyl sites for hydroxylation is 1. The number of aromatic nitrogens is 2. The van der Waals surface area contributed by atoms with E-state index in [1.54, 1.807) is 17.7 Å². The molecule has 158 valence electrons. The minimum absolute atomic E-state index is 0.00490. The van der Waals surface area contributed by atoms with Crippen molar-refractivity contribution < 1.29 is 22.3 Å². The normalized spacial score (nSPS) is 24.1. The van der Waals surface area contributed by atoms with Crippen molar-refractivity contribution in [3.63, 3.8) is 0 Å². The first-order valence-electron chi connectivity index (χ1n) is 9.27. The van der Waals surface area contributed by atoms with Gasteiger partial charge in [0.1, 0.15) is 5.82 Å². The molecule has 2 saturated heterocycles. The van der Waals surface area contributed by atoms with Crippen LogP contribution in [0.5, 0.6) is 0 Å². The molecule has 1 aromatic heterocycles. The molecular formula is C18H22ClFN4O4S. The number of nitrogens with one attached hydrogen (secondary N) is 1. The molecular weight excluding hydrogens is 423 g/mol. The lowest BCUT2D eigenvalue weighted by Crippen LogP contribution is -2.41. The molecule has 3 heterocycles. The molecule has 2 fully saturated rings. The molecule has 4 rings (SSSR count). The molecule has 8 nitrogen and oxygen atoms in total. The zero-order valence-corrected chi connectivity index (χ0v) is 17.4. The predicted octanol–water partition coefficient (Wildman–Crippen LogP) is 2.08. The Hall–Kier alpha value is -1.72. The first kappa shape index (κ1) is 20.5. The average Bonchev–Trinajstić information content (AvgIpc) is 3.33. The summed E-state index contributed by atoms with van der Waals surface area (Å²) in [6.45, 7) is 1.53. The summed E-state index contributed by atoms with van der Waals surface area (Å²) in [5.74, 6) is -0.767. The van der Waals surface area contributed by atoms with Crippen LogP contribution >= 0.6 is 11.6 Å². The first-order chi connectivity index (χ1) is 13.8. The van der Waals surface area contributed by atoms with E-state index in [0.717, 1.165) is 6.42 Å². The quantitative estimate of drug-likeness (QED) is 0.760. The highest BCUT2D eigenvalue weighted by Gasteiger charge is 2.45. The van der Waals surface area contributed by atoms with E-state index < -0.39 is 22.1 Å². The van der Waals surface area contributed by atoms with Gasteiger partial charge in [0.25, 0.3) is 10.0 Å². The molecule has 1 N–H and O–H groups in total. The second-order valence-electron chi connectivity index (χ2n) is 7.21. The second kappa shape index (κ2) is 8.19. The molecule has 0 amide bonds. The van der Waals surface area contributed by atoms with Crippen LogP contribution in [0.1, 0.15) is 6.42 Å². The van der Waals surface area contributed by atoms with Crippen LogP contribution in [0.25, 0.3) is 0 Å². The Labute approximate surface area is 173 Å². The fourth-order valence-electron chi connectivity index (χ4n) is 3.62. The molecule has 0 radical (unpaired) electrons. The van der Waals surface area contributed by atoms with Crippen molar-refractivity contribution in [3.05, 3.63) is 41.6 Å². The monoisotopic (exact) mass is 444 g/mol. The number of nitrogens with zero attached hydrogens (tertiary/aromatic N) is 3. The fourth-order valence-corrected chi connectivity index (χ4v) is 5.27. The van der Waals surface area contributed by atoms with E-state index in [1.807, 2.05) is 0 Å². The molecule has 0 spiro atoms. The van der Waals surface area contributed by atoms with Gasteiger partial charge < -0.3 is 19.4 Å². The van der Waals surface area contributed by atoms with Gasteiger partial charge >= 0.3 is 0 Å². The van der Waals surface area contributed by atoms with Crippen LogP contribution in [-0.4, -0.2) is 60.9 Å². The van der Waals surface area contributed by atoms with E-state index in [0.29, 0.717) is 18.9 Å². The average molecular weight is 445 g/mol. The number of sulfonamides is 1. The number of benzene rings is 1. The smallest absolute Gasteiger partial charge is 0.262 e. The summed E-state index contributed by atoms with van der Waals surface area (Å²) in [6.07, 6.45) is 3.19. The van der Waals surface area contributed by atoms with Crippen molar-refractivity contribution in [2.45, 2.75) is 23.8 Å². The van der Waals surface area contributed by atoms with E-state index in [-0.39, 0.29) is 35.1 Å². The fraction of sp³-hybridized carbons (Fsp3) is 0.500. The van der Waals surface area contributed by atoms with Gasteiger partial charge in [-0.2, -0.15) is 4.31 Å².